The molecule has 0 N–H and O–H groups in total. The molecule has 0 saturated heterocycles. The van der Waals surface area contributed by atoms with Crippen molar-refractivity contribution >= 4 is 5.97 Å². The Balaban J connectivity index is 1.74. The molecular formula is C15H18O3. The Morgan fingerprint density at radius 1 is 1.39 bits per heavy atom. The lowest BCUT2D eigenvalue weighted by atomic mass is 10.1. The first-order valence-corrected chi connectivity index (χ1v) is 6.25. The van der Waals surface area contributed by atoms with Gasteiger partial charge in [0.15, 0.2) is 0 Å². The summed E-state index contributed by atoms with van der Waals surface area (Å²) in [5.74, 6) is -0.202. The van der Waals surface area contributed by atoms with Crippen molar-refractivity contribution in [1.82, 2.24) is 0 Å². The van der Waals surface area contributed by atoms with Crippen molar-refractivity contribution in [3.8, 4) is 0 Å². The number of rotatable bonds is 4. The second-order valence-electron chi connectivity index (χ2n) is 4.48. The van der Waals surface area contributed by atoms with Gasteiger partial charge in [-0.05, 0) is 18.9 Å². The molecule has 1 aliphatic heterocycles. The Morgan fingerprint density at radius 3 is 2.89 bits per heavy atom. The normalized spacial score (nSPS) is 22.7. The van der Waals surface area contributed by atoms with E-state index in [2.05, 4.69) is 6.08 Å². The smallest absolute Gasteiger partial charge is 0.308 e. The molecule has 1 aliphatic rings. The van der Waals surface area contributed by atoms with E-state index in [0.717, 1.165) is 12.0 Å². The van der Waals surface area contributed by atoms with Crippen molar-refractivity contribution in [2.45, 2.75) is 38.6 Å². The highest BCUT2D eigenvalue weighted by molar-refractivity contribution is 5.70. The molecule has 0 saturated carbocycles. The van der Waals surface area contributed by atoms with E-state index in [1.54, 1.807) is 0 Å². The molecule has 2 rings (SSSR count). The van der Waals surface area contributed by atoms with Crippen LogP contribution in [0.4, 0.5) is 0 Å². The van der Waals surface area contributed by atoms with Crippen LogP contribution in [0.25, 0.3) is 0 Å². The highest BCUT2D eigenvalue weighted by Crippen LogP contribution is 2.15. The Morgan fingerprint density at radius 2 is 2.17 bits per heavy atom. The van der Waals surface area contributed by atoms with Crippen LogP contribution in [0, 0.1) is 0 Å². The molecule has 0 radical (unpaired) electrons. The van der Waals surface area contributed by atoms with Crippen LogP contribution >= 0.6 is 0 Å². The quantitative estimate of drug-likeness (QED) is 0.605. The van der Waals surface area contributed by atoms with Crippen LogP contribution in [0.2, 0.25) is 0 Å². The maximum absolute atomic E-state index is 11.7. The van der Waals surface area contributed by atoms with Gasteiger partial charge in [-0.2, -0.15) is 0 Å². The van der Waals surface area contributed by atoms with E-state index < -0.39 is 0 Å². The average Bonchev–Trinajstić information content (AvgIpc) is 2.38. The largest absolute Gasteiger partial charge is 0.461 e. The fraction of sp³-hybridized carbons (Fsp3) is 0.400. The van der Waals surface area contributed by atoms with Crippen LogP contribution in [-0.4, -0.2) is 18.2 Å². The van der Waals surface area contributed by atoms with Crippen molar-refractivity contribution in [3.05, 3.63) is 48.0 Å². The molecule has 1 aromatic carbocycles. The minimum Gasteiger partial charge on any atom is -0.461 e. The minimum atomic E-state index is -0.202. The zero-order chi connectivity index (χ0) is 12.8. The SMILES string of the molecule is C[C@H]1C=CC[C@@H](CC(=O)OCc2ccccc2)O1. The van der Waals surface area contributed by atoms with Gasteiger partial charge in [0.05, 0.1) is 18.6 Å². The summed E-state index contributed by atoms with van der Waals surface area (Å²) in [7, 11) is 0. The number of hydrogen-bond acceptors (Lipinski definition) is 3. The lowest BCUT2D eigenvalue weighted by Crippen LogP contribution is -2.25. The first-order valence-electron chi connectivity index (χ1n) is 6.25. The van der Waals surface area contributed by atoms with Gasteiger partial charge in [0.2, 0.25) is 0 Å². The first-order chi connectivity index (χ1) is 8.74. The Labute approximate surface area is 107 Å². The summed E-state index contributed by atoms with van der Waals surface area (Å²) in [5.41, 5.74) is 1.00. The predicted molar refractivity (Wildman–Crippen MR) is 68.9 cm³/mol. The molecule has 0 unspecified atom stereocenters. The maximum Gasteiger partial charge on any atom is 0.308 e. The second kappa shape index (κ2) is 6.36. The van der Waals surface area contributed by atoms with Crippen molar-refractivity contribution in [1.29, 1.82) is 0 Å². The summed E-state index contributed by atoms with van der Waals surface area (Å²) in [6, 6.07) is 9.68. The van der Waals surface area contributed by atoms with E-state index in [1.165, 1.54) is 0 Å². The fourth-order valence-electron chi connectivity index (χ4n) is 1.94. The Hall–Kier alpha value is -1.61. The van der Waals surface area contributed by atoms with Gasteiger partial charge in [0.25, 0.3) is 0 Å². The van der Waals surface area contributed by atoms with E-state index in [9.17, 15) is 4.79 Å². The van der Waals surface area contributed by atoms with E-state index >= 15 is 0 Å². The van der Waals surface area contributed by atoms with Gasteiger partial charge < -0.3 is 9.47 Å². The lowest BCUT2D eigenvalue weighted by molar-refractivity contribution is -0.148. The Bertz CT molecular complexity index is 411. The standard InChI is InChI=1S/C15H18O3/c1-12-6-5-9-14(18-12)10-15(16)17-11-13-7-3-2-4-8-13/h2-8,12,14H,9-11H2,1H3/t12-,14-/m0/s1. The summed E-state index contributed by atoms with van der Waals surface area (Å²) in [6.45, 7) is 2.30. The molecule has 0 spiro atoms. The predicted octanol–water partition coefficient (Wildman–Crippen LogP) is 2.85. The number of carbonyl (C=O) groups is 1. The molecule has 0 aliphatic carbocycles. The number of ether oxygens (including phenoxy) is 2. The van der Waals surface area contributed by atoms with Crippen LogP contribution in [-0.2, 0) is 20.9 Å². The summed E-state index contributed by atoms with van der Waals surface area (Å²) < 4.78 is 10.8. The summed E-state index contributed by atoms with van der Waals surface area (Å²) in [4.78, 5) is 11.7. The van der Waals surface area contributed by atoms with Crippen molar-refractivity contribution < 1.29 is 14.3 Å². The van der Waals surface area contributed by atoms with Gasteiger partial charge in [0, 0.05) is 0 Å². The highest BCUT2D eigenvalue weighted by atomic mass is 16.5. The third-order valence-corrected chi connectivity index (χ3v) is 2.85. The van der Waals surface area contributed by atoms with E-state index in [0.29, 0.717) is 13.0 Å². The van der Waals surface area contributed by atoms with Crippen molar-refractivity contribution in [2.75, 3.05) is 0 Å². The summed E-state index contributed by atoms with van der Waals surface area (Å²) in [6.07, 6.45) is 5.21. The summed E-state index contributed by atoms with van der Waals surface area (Å²) >= 11 is 0. The van der Waals surface area contributed by atoms with E-state index in [-0.39, 0.29) is 18.2 Å². The number of esters is 1. The first kappa shape index (κ1) is 12.8. The van der Waals surface area contributed by atoms with Gasteiger partial charge in [-0.25, -0.2) is 0 Å². The molecule has 0 fully saturated rings. The van der Waals surface area contributed by atoms with Crippen LogP contribution in [0.3, 0.4) is 0 Å². The molecule has 2 atom stereocenters. The molecule has 1 heterocycles. The van der Waals surface area contributed by atoms with Gasteiger partial charge in [-0.1, -0.05) is 42.5 Å². The van der Waals surface area contributed by atoms with Crippen molar-refractivity contribution in [2.24, 2.45) is 0 Å². The fourth-order valence-corrected chi connectivity index (χ4v) is 1.94. The van der Waals surface area contributed by atoms with Gasteiger partial charge in [-0.15, -0.1) is 0 Å². The zero-order valence-corrected chi connectivity index (χ0v) is 10.5. The third-order valence-electron chi connectivity index (χ3n) is 2.85. The topological polar surface area (TPSA) is 35.5 Å². The molecule has 0 aromatic heterocycles. The van der Waals surface area contributed by atoms with E-state index in [4.69, 9.17) is 9.47 Å². The second-order valence-corrected chi connectivity index (χ2v) is 4.48. The van der Waals surface area contributed by atoms with Crippen LogP contribution < -0.4 is 0 Å². The van der Waals surface area contributed by atoms with Crippen LogP contribution in [0.15, 0.2) is 42.5 Å². The Kier molecular flexibility index (Phi) is 4.53. The lowest BCUT2D eigenvalue weighted by Gasteiger charge is -2.22. The average molecular weight is 246 g/mol. The zero-order valence-electron chi connectivity index (χ0n) is 10.5. The number of hydrogen-bond donors (Lipinski definition) is 0. The maximum atomic E-state index is 11.7. The highest BCUT2D eigenvalue weighted by Gasteiger charge is 2.19. The monoisotopic (exact) mass is 246 g/mol. The molecule has 96 valence electrons. The van der Waals surface area contributed by atoms with Crippen molar-refractivity contribution in [3.63, 3.8) is 0 Å². The van der Waals surface area contributed by atoms with Crippen LogP contribution in [0.1, 0.15) is 25.3 Å². The molecule has 3 heteroatoms. The minimum absolute atomic E-state index is 0.0479. The number of carbonyl (C=O) groups excluding carboxylic acids is 1. The third kappa shape index (κ3) is 4.00. The molecule has 0 amide bonds. The molecule has 3 nitrogen and oxygen atoms in total. The summed E-state index contributed by atoms with van der Waals surface area (Å²) in [5, 5.41) is 0. The molecule has 18 heavy (non-hydrogen) atoms. The van der Waals surface area contributed by atoms with Gasteiger partial charge in [-0.3, -0.25) is 4.79 Å². The number of benzene rings is 1. The molecular weight excluding hydrogens is 228 g/mol. The molecule has 0 bridgehead atoms. The van der Waals surface area contributed by atoms with Gasteiger partial charge >= 0.3 is 5.97 Å². The molecule has 1 aromatic rings. The van der Waals surface area contributed by atoms with Gasteiger partial charge in [0.1, 0.15) is 6.61 Å². The van der Waals surface area contributed by atoms with Crippen LogP contribution in [0.5, 0.6) is 0 Å². The van der Waals surface area contributed by atoms with E-state index in [1.807, 2.05) is 43.3 Å².